The third-order valence-corrected chi connectivity index (χ3v) is 12.0. The Balaban J connectivity index is 1.22. The van der Waals surface area contributed by atoms with Gasteiger partial charge in [0, 0.05) is 17.9 Å². The molecule has 0 amide bonds. The van der Waals surface area contributed by atoms with Crippen LogP contribution in [0.15, 0.2) is 11.6 Å². The van der Waals surface area contributed by atoms with Crippen LogP contribution in [0, 0.1) is 28.6 Å². The van der Waals surface area contributed by atoms with Crippen molar-refractivity contribution in [2.45, 2.75) is 113 Å². The van der Waals surface area contributed by atoms with E-state index in [1.54, 1.807) is 6.08 Å². The Morgan fingerprint density at radius 3 is 2.42 bits per heavy atom. The highest BCUT2D eigenvalue weighted by atomic mass is 16.7. The van der Waals surface area contributed by atoms with Gasteiger partial charge in [-0.05, 0) is 74.7 Å². The lowest BCUT2D eigenvalue weighted by molar-refractivity contribution is -0.322. The van der Waals surface area contributed by atoms with Crippen molar-refractivity contribution in [3.05, 3.63) is 11.6 Å². The van der Waals surface area contributed by atoms with E-state index >= 15 is 0 Å². The number of hydrogen-bond acceptors (Lipinski definition) is 11. The Kier molecular flexibility index (Phi) is 7.03. The minimum Gasteiger partial charge on any atom is -0.458 e. The van der Waals surface area contributed by atoms with Crippen LogP contribution in [-0.4, -0.2) is 104 Å². The number of cyclic esters (lactones) is 1. The first-order valence-corrected chi connectivity index (χ1v) is 14.7. The van der Waals surface area contributed by atoms with E-state index in [4.69, 9.17) is 14.2 Å². The van der Waals surface area contributed by atoms with Gasteiger partial charge in [-0.25, -0.2) is 4.79 Å². The minimum absolute atomic E-state index is 0.0283. The number of ether oxygens (including phenoxy) is 3. The molecule has 5 fully saturated rings. The molecule has 6 N–H and O–H groups in total. The molecule has 0 bridgehead atoms. The number of carbonyl (C=O) groups is 2. The van der Waals surface area contributed by atoms with Gasteiger partial charge in [-0.15, -0.1) is 0 Å². The monoisotopic (exact) mass is 566 g/mol. The van der Waals surface area contributed by atoms with E-state index in [1.165, 1.54) is 0 Å². The number of fused-ring (bicyclic) bond motifs is 5. The molecule has 224 valence electrons. The Morgan fingerprint density at radius 2 is 1.75 bits per heavy atom. The molecule has 0 aromatic carbocycles. The van der Waals surface area contributed by atoms with E-state index < -0.39 is 65.4 Å². The van der Waals surface area contributed by atoms with E-state index in [0.29, 0.717) is 44.9 Å². The lowest BCUT2D eigenvalue weighted by Gasteiger charge is -2.65. The van der Waals surface area contributed by atoms with Gasteiger partial charge in [-0.2, -0.15) is 0 Å². The summed E-state index contributed by atoms with van der Waals surface area (Å²) in [5.41, 5.74) is -3.01. The van der Waals surface area contributed by atoms with Gasteiger partial charge in [0.25, 0.3) is 0 Å². The Bertz CT molecular complexity index is 1060. The second-order valence-corrected chi connectivity index (χ2v) is 13.4. The lowest BCUT2D eigenvalue weighted by Crippen LogP contribution is -2.69. The number of aldehydes is 1. The summed E-state index contributed by atoms with van der Waals surface area (Å²) in [4.78, 5) is 24.8. The molecule has 1 saturated heterocycles. The molecule has 6 aliphatic rings. The van der Waals surface area contributed by atoms with Gasteiger partial charge < -0.3 is 49.6 Å². The topological polar surface area (TPSA) is 183 Å². The summed E-state index contributed by atoms with van der Waals surface area (Å²) < 4.78 is 16.7. The van der Waals surface area contributed by atoms with Gasteiger partial charge in [-0.3, -0.25) is 0 Å². The largest absolute Gasteiger partial charge is 0.458 e. The first-order chi connectivity index (χ1) is 18.9. The summed E-state index contributed by atoms with van der Waals surface area (Å²) in [6.07, 6.45) is -0.809. The molecular formula is C29H42O11. The predicted molar refractivity (Wildman–Crippen MR) is 136 cm³/mol. The molecule has 6 rings (SSSR count). The maximum atomic E-state index is 13.0. The van der Waals surface area contributed by atoms with Crippen LogP contribution in [0.4, 0.5) is 0 Å². The summed E-state index contributed by atoms with van der Waals surface area (Å²) in [7, 11) is 0. The van der Waals surface area contributed by atoms with E-state index in [-0.39, 0.29) is 36.8 Å². The number of rotatable bonds is 5. The van der Waals surface area contributed by atoms with Gasteiger partial charge in [-0.1, -0.05) is 6.92 Å². The molecule has 0 aromatic rings. The molecular weight excluding hydrogens is 524 g/mol. The van der Waals surface area contributed by atoms with E-state index in [9.17, 15) is 40.2 Å². The van der Waals surface area contributed by atoms with Gasteiger partial charge in [0.2, 0.25) is 0 Å². The molecule has 0 radical (unpaired) electrons. The van der Waals surface area contributed by atoms with Crippen LogP contribution in [0.5, 0.6) is 0 Å². The fraction of sp³-hybridized carbons (Fsp3) is 0.862. The lowest BCUT2D eigenvalue weighted by atomic mass is 9.41. The molecule has 11 nitrogen and oxygen atoms in total. The molecule has 0 aromatic heterocycles. The van der Waals surface area contributed by atoms with Crippen molar-refractivity contribution in [2.75, 3.05) is 13.2 Å². The average Bonchev–Trinajstić information content (AvgIpc) is 3.48. The van der Waals surface area contributed by atoms with E-state index in [2.05, 4.69) is 6.92 Å². The molecule has 11 heteroatoms. The van der Waals surface area contributed by atoms with Crippen LogP contribution in [0.25, 0.3) is 0 Å². The maximum absolute atomic E-state index is 13.0. The predicted octanol–water partition coefficient (Wildman–Crippen LogP) is -0.278. The van der Waals surface area contributed by atoms with Gasteiger partial charge in [0.1, 0.15) is 37.3 Å². The van der Waals surface area contributed by atoms with Crippen LogP contribution < -0.4 is 0 Å². The van der Waals surface area contributed by atoms with Crippen LogP contribution in [0.3, 0.4) is 0 Å². The van der Waals surface area contributed by atoms with Crippen molar-refractivity contribution in [1.29, 1.82) is 0 Å². The van der Waals surface area contributed by atoms with Crippen LogP contribution in [0.2, 0.25) is 0 Å². The molecule has 13 atom stereocenters. The molecule has 2 aliphatic heterocycles. The normalized spacial score (nSPS) is 54.1. The Labute approximate surface area is 233 Å². The van der Waals surface area contributed by atoms with Crippen LogP contribution in [-0.2, 0) is 23.8 Å². The first kappa shape index (κ1) is 28.7. The van der Waals surface area contributed by atoms with Crippen molar-refractivity contribution in [2.24, 2.45) is 28.6 Å². The van der Waals surface area contributed by atoms with Crippen molar-refractivity contribution >= 4 is 12.3 Å². The smallest absolute Gasteiger partial charge is 0.331 e. The Hall–Kier alpha value is -1.44. The highest BCUT2D eigenvalue weighted by molar-refractivity contribution is 5.85. The maximum Gasteiger partial charge on any atom is 0.331 e. The molecule has 1 unspecified atom stereocenters. The third kappa shape index (κ3) is 3.85. The summed E-state index contributed by atoms with van der Waals surface area (Å²) in [5.74, 6) is -0.707. The molecule has 2 heterocycles. The van der Waals surface area contributed by atoms with E-state index in [0.717, 1.165) is 18.3 Å². The number of esters is 1. The molecule has 4 saturated carbocycles. The highest BCUT2D eigenvalue weighted by Crippen LogP contribution is 2.70. The summed E-state index contributed by atoms with van der Waals surface area (Å²) in [6.45, 7) is 1.79. The van der Waals surface area contributed by atoms with Crippen molar-refractivity contribution in [3.63, 3.8) is 0 Å². The van der Waals surface area contributed by atoms with Gasteiger partial charge in [0.05, 0.1) is 29.3 Å². The van der Waals surface area contributed by atoms with Gasteiger partial charge in [0.15, 0.2) is 6.29 Å². The quantitative estimate of drug-likeness (QED) is 0.146. The number of hydrogen-bond donors (Lipinski definition) is 6. The fourth-order valence-electron chi connectivity index (χ4n) is 9.80. The van der Waals surface area contributed by atoms with Crippen molar-refractivity contribution < 1.29 is 54.4 Å². The van der Waals surface area contributed by atoms with E-state index in [1.807, 2.05) is 0 Å². The second kappa shape index (κ2) is 9.80. The Morgan fingerprint density at radius 1 is 1.00 bits per heavy atom. The average molecular weight is 567 g/mol. The second-order valence-electron chi connectivity index (χ2n) is 13.4. The number of aliphatic hydroxyl groups is 6. The van der Waals surface area contributed by atoms with Crippen molar-refractivity contribution in [1.82, 2.24) is 0 Å². The van der Waals surface area contributed by atoms with Crippen LogP contribution >= 0.6 is 0 Å². The SMILES string of the molecule is C[C@]12CC[C@H]3[C@@H](CC[C@]4(O)CC(O[C@@H]5O[C@H](CO)[C@@H](O)[C@@H](O)[C@H]5O)CC[C@]34C=O)[C@@]1(O)CC[C@@H]2C1=CC(=O)OC1. The number of carbonyl (C=O) groups excluding carboxylic acids is 2. The fourth-order valence-corrected chi connectivity index (χ4v) is 9.80. The zero-order valence-corrected chi connectivity index (χ0v) is 22.9. The molecule has 40 heavy (non-hydrogen) atoms. The molecule has 4 aliphatic carbocycles. The zero-order valence-electron chi connectivity index (χ0n) is 22.9. The summed E-state index contributed by atoms with van der Waals surface area (Å²) >= 11 is 0. The first-order valence-electron chi connectivity index (χ1n) is 14.7. The standard InChI is InChI=1S/C29H42O11/c1-26-6-3-18-19(29(26,37)9-5-17(26)15-10-21(32)38-13-15)4-8-28(36)11-16(2-7-27(18,28)14-31)39-25-24(35)23(34)22(33)20(12-30)40-25/h10,14,16-20,22-25,30,33-37H,2-9,11-13H2,1H3/t16?,17-,18+,19-,20-,22-,23-,24-,25-,26-,27+,28+,29+/m1/s1. The summed E-state index contributed by atoms with van der Waals surface area (Å²) in [6, 6.07) is 0. The summed E-state index contributed by atoms with van der Waals surface area (Å²) in [5, 5.41) is 64.6. The zero-order chi connectivity index (χ0) is 28.7. The molecule has 0 spiro atoms. The minimum atomic E-state index is -1.57. The van der Waals surface area contributed by atoms with Gasteiger partial charge >= 0.3 is 5.97 Å². The third-order valence-electron chi connectivity index (χ3n) is 12.0. The van der Waals surface area contributed by atoms with Crippen molar-refractivity contribution in [3.8, 4) is 0 Å². The highest BCUT2D eigenvalue weighted by Gasteiger charge is 2.71. The number of aliphatic hydroxyl groups excluding tert-OH is 4. The van der Waals surface area contributed by atoms with Crippen LogP contribution in [0.1, 0.15) is 64.7 Å².